The van der Waals surface area contributed by atoms with Gasteiger partial charge in [-0.15, -0.1) is 11.3 Å². The highest BCUT2D eigenvalue weighted by Crippen LogP contribution is 2.41. The van der Waals surface area contributed by atoms with Crippen LogP contribution in [-0.4, -0.2) is 61.3 Å². The molecule has 1 amide bonds. The molecule has 2 atom stereocenters. The third kappa shape index (κ3) is 4.87. The van der Waals surface area contributed by atoms with Gasteiger partial charge in [0.25, 0.3) is 5.91 Å². The zero-order valence-corrected chi connectivity index (χ0v) is 21.0. The highest BCUT2D eigenvalue weighted by molar-refractivity contribution is 7.18. The van der Waals surface area contributed by atoms with Crippen LogP contribution < -0.4 is 10.2 Å². The van der Waals surface area contributed by atoms with Crippen LogP contribution in [0.15, 0.2) is 48.5 Å². The van der Waals surface area contributed by atoms with Crippen LogP contribution in [0.3, 0.4) is 0 Å². The quantitative estimate of drug-likeness (QED) is 0.535. The summed E-state index contributed by atoms with van der Waals surface area (Å²) in [6.07, 6.45) is 2.46. The molecule has 3 heterocycles. The maximum absolute atomic E-state index is 14.5. The zero-order chi connectivity index (χ0) is 25.2. The number of nitriles is 1. The highest BCUT2D eigenvalue weighted by atomic mass is 32.1. The molecule has 0 saturated carbocycles. The third-order valence-electron chi connectivity index (χ3n) is 7.12. The molecule has 1 aromatic heterocycles. The van der Waals surface area contributed by atoms with E-state index in [0.717, 1.165) is 54.0 Å². The molecular weight excluding hydrogens is 475 g/mol. The molecular formula is C28H29FN4O2S. The van der Waals surface area contributed by atoms with Gasteiger partial charge in [-0.2, -0.15) is 5.26 Å². The lowest BCUT2D eigenvalue weighted by Gasteiger charge is -2.32. The molecule has 2 N–H and O–H groups in total. The van der Waals surface area contributed by atoms with Gasteiger partial charge in [0, 0.05) is 48.3 Å². The van der Waals surface area contributed by atoms with Gasteiger partial charge in [0.05, 0.1) is 16.5 Å². The number of halogens is 1. The second-order valence-corrected chi connectivity index (χ2v) is 10.5. The fourth-order valence-electron chi connectivity index (χ4n) is 5.05. The normalized spacial score (nSPS) is 19.9. The number of piperidine rings is 1. The Bertz CT molecular complexity index is 1300. The molecule has 2 aromatic carbocycles. The van der Waals surface area contributed by atoms with Crippen molar-refractivity contribution in [2.24, 2.45) is 0 Å². The molecule has 2 fully saturated rings. The van der Waals surface area contributed by atoms with E-state index >= 15 is 0 Å². The molecule has 3 aromatic rings. The van der Waals surface area contributed by atoms with E-state index in [2.05, 4.69) is 10.2 Å². The molecule has 186 valence electrons. The molecule has 6 nitrogen and oxygen atoms in total. The zero-order valence-electron chi connectivity index (χ0n) is 20.2. The van der Waals surface area contributed by atoms with Crippen LogP contribution in [0.4, 0.5) is 10.1 Å². The molecule has 2 saturated heterocycles. The number of nitrogens with one attached hydrogen (secondary N) is 1. The molecule has 0 aliphatic carbocycles. The standard InChI is InChI=1S/C28H29FN4O2S/c1-31-21-3-2-11-33(16-21)28(35)26-14-24(19-4-5-20(15-30)25(29)13-19)27(36-26)18-6-8-22(9-7-18)32-12-10-23(34)17-32/h4-9,13-14,21,23,31,34H,2-3,10-12,16-17H2,1H3/t21-,23?/m1/s1. The van der Waals surface area contributed by atoms with Crippen molar-refractivity contribution in [3.05, 3.63) is 64.8 Å². The number of hydrogen-bond donors (Lipinski definition) is 2. The Morgan fingerprint density at radius 1 is 1.11 bits per heavy atom. The second kappa shape index (κ2) is 10.4. The van der Waals surface area contributed by atoms with E-state index in [9.17, 15) is 14.3 Å². The van der Waals surface area contributed by atoms with Crippen LogP contribution in [0.25, 0.3) is 21.6 Å². The number of aliphatic hydroxyl groups excluding tert-OH is 1. The van der Waals surface area contributed by atoms with Crippen molar-refractivity contribution in [1.82, 2.24) is 10.2 Å². The smallest absolute Gasteiger partial charge is 0.264 e. The molecule has 5 rings (SSSR count). The molecule has 36 heavy (non-hydrogen) atoms. The van der Waals surface area contributed by atoms with Gasteiger partial charge in [0.15, 0.2) is 0 Å². The Labute approximate surface area is 214 Å². The van der Waals surface area contributed by atoms with Crippen LogP contribution in [0.5, 0.6) is 0 Å². The predicted molar refractivity (Wildman–Crippen MR) is 141 cm³/mol. The van der Waals surface area contributed by atoms with Crippen LogP contribution >= 0.6 is 11.3 Å². The van der Waals surface area contributed by atoms with Gasteiger partial charge in [0.2, 0.25) is 0 Å². The van der Waals surface area contributed by atoms with Crippen LogP contribution in [-0.2, 0) is 0 Å². The second-order valence-electron chi connectivity index (χ2n) is 9.47. The van der Waals surface area contributed by atoms with Gasteiger partial charge in [-0.3, -0.25) is 4.79 Å². The van der Waals surface area contributed by atoms with E-state index in [4.69, 9.17) is 5.26 Å². The molecule has 0 spiro atoms. The number of anilines is 1. The average Bonchev–Trinajstić information content (AvgIpc) is 3.55. The maximum atomic E-state index is 14.5. The van der Waals surface area contributed by atoms with Crippen LogP contribution in [0.1, 0.15) is 34.5 Å². The van der Waals surface area contributed by atoms with Gasteiger partial charge in [-0.1, -0.05) is 18.2 Å². The number of carbonyl (C=O) groups excluding carboxylic acids is 1. The van der Waals surface area contributed by atoms with Gasteiger partial charge < -0.3 is 20.2 Å². The van der Waals surface area contributed by atoms with Crippen molar-refractivity contribution < 1.29 is 14.3 Å². The fraction of sp³-hybridized carbons (Fsp3) is 0.357. The van der Waals surface area contributed by atoms with Gasteiger partial charge in [-0.05, 0) is 67.8 Å². The number of hydrogen-bond acceptors (Lipinski definition) is 6. The van der Waals surface area contributed by atoms with Crippen molar-refractivity contribution in [1.29, 1.82) is 5.26 Å². The van der Waals surface area contributed by atoms with E-state index in [1.165, 1.54) is 23.5 Å². The number of carbonyl (C=O) groups is 1. The SMILES string of the molecule is CN[C@@H]1CCCN(C(=O)c2cc(-c3ccc(C#N)c(F)c3)c(-c3ccc(N4CCC(O)C4)cc3)s2)C1. The molecule has 0 bridgehead atoms. The summed E-state index contributed by atoms with van der Waals surface area (Å²) in [4.78, 5) is 19.0. The van der Waals surface area contributed by atoms with E-state index < -0.39 is 5.82 Å². The van der Waals surface area contributed by atoms with Crippen LogP contribution in [0.2, 0.25) is 0 Å². The number of likely N-dealkylation sites (N-methyl/N-ethyl adjacent to an activating group) is 1. The number of aliphatic hydroxyl groups is 1. The van der Waals surface area contributed by atoms with Gasteiger partial charge in [0.1, 0.15) is 11.9 Å². The van der Waals surface area contributed by atoms with Crippen LogP contribution in [0, 0.1) is 17.1 Å². The van der Waals surface area contributed by atoms with Gasteiger partial charge >= 0.3 is 0 Å². The van der Waals surface area contributed by atoms with E-state index in [1.54, 1.807) is 6.07 Å². The largest absolute Gasteiger partial charge is 0.391 e. The first-order valence-electron chi connectivity index (χ1n) is 12.3. The minimum atomic E-state index is -0.573. The minimum absolute atomic E-state index is 0.00425. The summed E-state index contributed by atoms with van der Waals surface area (Å²) in [5, 5.41) is 22.3. The number of rotatable bonds is 5. The van der Waals surface area contributed by atoms with Crippen molar-refractivity contribution >= 4 is 22.9 Å². The van der Waals surface area contributed by atoms with Gasteiger partial charge in [-0.25, -0.2) is 4.39 Å². The van der Waals surface area contributed by atoms with E-state index in [-0.39, 0.29) is 23.6 Å². The summed E-state index contributed by atoms with van der Waals surface area (Å²) in [6, 6.07) is 16.7. The molecule has 8 heteroatoms. The first-order chi connectivity index (χ1) is 17.5. The Morgan fingerprint density at radius 2 is 1.89 bits per heavy atom. The molecule has 2 aliphatic rings. The number of amides is 1. The lowest BCUT2D eigenvalue weighted by atomic mass is 10.0. The Kier molecular flexibility index (Phi) is 7.06. The number of benzene rings is 2. The number of likely N-dealkylation sites (tertiary alicyclic amines) is 1. The number of thiophene rings is 1. The van der Waals surface area contributed by atoms with E-state index in [1.807, 2.05) is 48.3 Å². The fourth-order valence-corrected chi connectivity index (χ4v) is 6.21. The lowest BCUT2D eigenvalue weighted by Crippen LogP contribution is -2.46. The summed E-state index contributed by atoms with van der Waals surface area (Å²) in [6.45, 7) is 2.83. The summed E-state index contributed by atoms with van der Waals surface area (Å²) < 4.78 is 14.5. The van der Waals surface area contributed by atoms with Crippen molar-refractivity contribution in [3.8, 4) is 27.6 Å². The maximum Gasteiger partial charge on any atom is 0.264 e. The van der Waals surface area contributed by atoms with Crippen molar-refractivity contribution in [3.63, 3.8) is 0 Å². The Balaban J connectivity index is 1.52. The number of nitrogens with zero attached hydrogens (tertiary/aromatic N) is 3. The predicted octanol–water partition coefficient (Wildman–Crippen LogP) is 4.49. The molecule has 2 aliphatic heterocycles. The lowest BCUT2D eigenvalue weighted by molar-refractivity contribution is 0.0703. The summed E-state index contributed by atoms with van der Waals surface area (Å²) >= 11 is 1.42. The number of β-amino-alcohol motifs (C(OH)–C–C–N with tert-alkyl or cyclic N) is 1. The van der Waals surface area contributed by atoms with Crippen molar-refractivity contribution in [2.75, 3.05) is 38.1 Å². The monoisotopic (exact) mass is 504 g/mol. The minimum Gasteiger partial charge on any atom is -0.391 e. The summed E-state index contributed by atoms with van der Waals surface area (Å²) in [5.74, 6) is -0.583. The third-order valence-corrected chi connectivity index (χ3v) is 8.29. The Hall–Kier alpha value is -3.25. The topological polar surface area (TPSA) is 79.6 Å². The highest BCUT2D eigenvalue weighted by Gasteiger charge is 2.27. The first kappa shape index (κ1) is 24.4. The van der Waals surface area contributed by atoms with Crippen molar-refractivity contribution in [2.45, 2.75) is 31.4 Å². The Morgan fingerprint density at radius 3 is 2.56 bits per heavy atom. The molecule has 1 unspecified atom stereocenters. The summed E-state index contributed by atoms with van der Waals surface area (Å²) in [7, 11) is 1.92. The first-order valence-corrected chi connectivity index (χ1v) is 13.1. The summed E-state index contributed by atoms with van der Waals surface area (Å²) in [5.41, 5.74) is 3.39. The molecule has 0 radical (unpaired) electrons. The average molecular weight is 505 g/mol. The van der Waals surface area contributed by atoms with E-state index in [0.29, 0.717) is 23.5 Å².